The van der Waals surface area contributed by atoms with Crippen LogP contribution in [0.1, 0.15) is 20.3 Å². The molecule has 0 bridgehead atoms. The van der Waals surface area contributed by atoms with E-state index in [1.807, 2.05) is 0 Å². The molecule has 2 aliphatic rings. The van der Waals surface area contributed by atoms with Crippen molar-refractivity contribution in [3.8, 4) is 0 Å². The molecule has 0 aromatic carbocycles. The van der Waals surface area contributed by atoms with Crippen LogP contribution in [0.25, 0.3) is 0 Å². The molecule has 0 saturated carbocycles. The van der Waals surface area contributed by atoms with Gasteiger partial charge in [-0.3, -0.25) is 4.90 Å². The first-order valence-electron chi connectivity index (χ1n) is 7.10. The monoisotopic (exact) mass is 285 g/mol. The molecule has 0 unspecified atom stereocenters. The quantitative estimate of drug-likeness (QED) is 0.724. The van der Waals surface area contributed by atoms with Crippen LogP contribution in [-0.4, -0.2) is 87.8 Å². The molecule has 7 nitrogen and oxygen atoms in total. The molecule has 20 heavy (non-hydrogen) atoms. The molecule has 0 aromatic rings. The minimum atomic E-state index is -1.05. The standard InChI is InChI=1S/C13H23N3O4/c1-9(2)14-3-5-15(6-4-14)13(20)16-8-10(17)7-11(16)12(18)19/h9-11,17H,3-8H2,1-2H3,(H,18,19)/t10-,11+/m1/s1. The fraction of sp³-hybridized carbons (Fsp3) is 0.846. The second-order valence-electron chi connectivity index (χ2n) is 5.80. The van der Waals surface area contributed by atoms with Crippen molar-refractivity contribution in [3.63, 3.8) is 0 Å². The highest BCUT2D eigenvalue weighted by Crippen LogP contribution is 2.20. The predicted octanol–water partition coefficient (Wildman–Crippen LogP) is -0.348. The summed E-state index contributed by atoms with van der Waals surface area (Å²) < 4.78 is 0. The van der Waals surface area contributed by atoms with Crippen LogP contribution in [0.15, 0.2) is 0 Å². The molecule has 2 aliphatic heterocycles. The molecule has 114 valence electrons. The van der Waals surface area contributed by atoms with Gasteiger partial charge < -0.3 is 20.0 Å². The van der Waals surface area contributed by atoms with E-state index in [4.69, 9.17) is 5.11 Å². The van der Waals surface area contributed by atoms with E-state index < -0.39 is 18.1 Å². The number of hydrogen-bond donors (Lipinski definition) is 2. The van der Waals surface area contributed by atoms with Gasteiger partial charge in [0.05, 0.1) is 6.10 Å². The average molecular weight is 285 g/mol. The van der Waals surface area contributed by atoms with Crippen molar-refractivity contribution in [1.29, 1.82) is 0 Å². The van der Waals surface area contributed by atoms with E-state index >= 15 is 0 Å². The van der Waals surface area contributed by atoms with E-state index in [9.17, 15) is 14.7 Å². The Bertz CT molecular complexity index is 380. The van der Waals surface area contributed by atoms with Gasteiger partial charge in [-0.15, -0.1) is 0 Å². The van der Waals surface area contributed by atoms with E-state index in [0.29, 0.717) is 19.1 Å². The molecule has 2 amide bonds. The number of hydrogen-bond acceptors (Lipinski definition) is 4. The van der Waals surface area contributed by atoms with Gasteiger partial charge in [0.2, 0.25) is 0 Å². The van der Waals surface area contributed by atoms with Crippen molar-refractivity contribution < 1.29 is 19.8 Å². The average Bonchev–Trinajstić information content (AvgIpc) is 2.80. The fourth-order valence-corrected chi connectivity index (χ4v) is 2.87. The number of carbonyl (C=O) groups excluding carboxylic acids is 1. The van der Waals surface area contributed by atoms with Crippen LogP contribution in [-0.2, 0) is 4.79 Å². The summed E-state index contributed by atoms with van der Waals surface area (Å²) in [4.78, 5) is 28.8. The van der Waals surface area contributed by atoms with Gasteiger partial charge in [-0.25, -0.2) is 9.59 Å². The Morgan fingerprint density at radius 2 is 1.75 bits per heavy atom. The maximum atomic E-state index is 12.4. The van der Waals surface area contributed by atoms with Crippen LogP contribution < -0.4 is 0 Å². The fourth-order valence-electron chi connectivity index (χ4n) is 2.87. The molecule has 2 heterocycles. The van der Waals surface area contributed by atoms with Crippen LogP contribution in [0.4, 0.5) is 4.79 Å². The molecule has 0 aromatic heterocycles. The number of aliphatic hydroxyl groups excluding tert-OH is 1. The second-order valence-corrected chi connectivity index (χ2v) is 5.80. The molecule has 2 fully saturated rings. The number of piperazine rings is 1. The lowest BCUT2D eigenvalue weighted by molar-refractivity contribution is -0.141. The normalized spacial score (nSPS) is 28.2. The summed E-state index contributed by atoms with van der Waals surface area (Å²) in [6, 6.07) is -0.717. The highest BCUT2D eigenvalue weighted by molar-refractivity contribution is 5.83. The lowest BCUT2D eigenvalue weighted by atomic mass is 10.2. The molecule has 2 rings (SSSR count). The topological polar surface area (TPSA) is 84.3 Å². The summed E-state index contributed by atoms with van der Waals surface area (Å²) in [6.07, 6.45) is -0.621. The van der Waals surface area contributed by atoms with Gasteiger partial charge in [-0.1, -0.05) is 0 Å². The highest BCUT2D eigenvalue weighted by atomic mass is 16.4. The van der Waals surface area contributed by atoms with Crippen molar-refractivity contribution in [3.05, 3.63) is 0 Å². The number of carboxylic acid groups (broad SMARTS) is 1. The molecule has 2 saturated heterocycles. The van der Waals surface area contributed by atoms with E-state index in [1.165, 1.54) is 4.90 Å². The van der Waals surface area contributed by atoms with Crippen molar-refractivity contribution >= 4 is 12.0 Å². The van der Waals surface area contributed by atoms with Crippen molar-refractivity contribution in [2.24, 2.45) is 0 Å². The molecule has 2 N–H and O–H groups in total. The third-order valence-electron chi connectivity index (χ3n) is 4.12. The number of carboxylic acids is 1. The summed E-state index contributed by atoms with van der Waals surface area (Å²) in [5.74, 6) is -1.05. The number of amides is 2. The van der Waals surface area contributed by atoms with Crippen molar-refractivity contribution in [2.75, 3.05) is 32.7 Å². The van der Waals surface area contributed by atoms with Gasteiger partial charge in [0.1, 0.15) is 6.04 Å². The van der Waals surface area contributed by atoms with E-state index in [-0.39, 0.29) is 19.0 Å². The van der Waals surface area contributed by atoms with Gasteiger partial charge in [-0.05, 0) is 13.8 Å². The van der Waals surface area contributed by atoms with Gasteiger partial charge in [0, 0.05) is 45.2 Å². The maximum Gasteiger partial charge on any atom is 0.326 e. The van der Waals surface area contributed by atoms with Gasteiger partial charge in [-0.2, -0.15) is 0 Å². The number of carbonyl (C=O) groups is 2. The zero-order chi connectivity index (χ0) is 14.9. The number of aliphatic hydroxyl groups is 1. The smallest absolute Gasteiger partial charge is 0.326 e. The number of rotatable bonds is 2. The Morgan fingerprint density at radius 1 is 1.15 bits per heavy atom. The summed E-state index contributed by atoms with van der Waals surface area (Å²) >= 11 is 0. The van der Waals surface area contributed by atoms with Gasteiger partial charge in [0.25, 0.3) is 0 Å². The third kappa shape index (κ3) is 3.04. The highest BCUT2D eigenvalue weighted by Gasteiger charge is 2.41. The third-order valence-corrected chi connectivity index (χ3v) is 4.12. The van der Waals surface area contributed by atoms with Gasteiger partial charge in [0.15, 0.2) is 0 Å². The lowest BCUT2D eigenvalue weighted by Crippen LogP contribution is -2.55. The van der Waals surface area contributed by atoms with E-state index in [0.717, 1.165) is 13.1 Å². The summed E-state index contributed by atoms with van der Waals surface area (Å²) in [5, 5.41) is 18.7. The lowest BCUT2D eigenvalue weighted by Gasteiger charge is -2.39. The second kappa shape index (κ2) is 5.97. The number of β-amino-alcohol motifs (C(OH)–C–C–N with tert-alkyl or cyclic N) is 1. The Morgan fingerprint density at radius 3 is 2.25 bits per heavy atom. The first kappa shape index (κ1) is 15.1. The Hall–Kier alpha value is -1.34. The van der Waals surface area contributed by atoms with Crippen LogP contribution in [0, 0.1) is 0 Å². The Balaban J connectivity index is 1.96. The number of likely N-dealkylation sites (tertiary alicyclic amines) is 1. The van der Waals surface area contributed by atoms with Crippen molar-refractivity contribution in [2.45, 2.75) is 38.5 Å². The number of urea groups is 1. The molecule has 7 heteroatoms. The van der Waals surface area contributed by atoms with Crippen LogP contribution >= 0.6 is 0 Å². The van der Waals surface area contributed by atoms with E-state index in [1.54, 1.807) is 4.90 Å². The summed E-state index contributed by atoms with van der Waals surface area (Å²) in [5.41, 5.74) is 0. The number of aliphatic carboxylic acids is 1. The van der Waals surface area contributed by atoms with Crippen LogP contribution in [0.3, 0.4) is 0 Å². The maximum absolute atomic E-state index is 12.4. The summed E-state index contributed by atoms with van der Waals surface area (Å²) in [6.45, 7) is 7.17. The molecular weight excluding hydrogens is 262 g/mol. The van der Waals surface area contributed by atoms with E-state index in [2.05, 4.69) is 18.7 Å². The first-order chi connectivity index (χ1) is 9.40. The zero-order valence-corrected chi connectivity index (χ0v) is 12.0. The van der Waals surface area contributed by atoms with Crippen molar-refractivity contribution in [1.82, 2.24) is 14.7 Å². The SMILES string of the molecule is CC(C)N1CCN(C(=O)N2C[C@H](O)C[C@H]2C(=O)O)CC1. The molecule has 0 spiro atoms. The largest absolute Gasteiger partial charge is 0.480 e. The van der Waals surface area contributed by atoms with Crippen LogP contribution in [0.5, 0.6) is 0 Å². The first-order valence-corrected chi connectivity index (χ1v) is 7.10. The van der Waals surface area contributed by atoms with Crippen LogP contribution in [0.2, 0.25) is 0 Å². The molecule has 0 radical (unpaired) electrons. The minimum Gasteiger partial charge on any atom is -0.480 e. The molecule has 0 aliphatic carbocycles. The minimum absolute atomic E-state index is 0.111. The molecular formula is C13H23N3O4. The summed E-state index contributed by atoms with van der Waals surface area (Å²) in [7, 11) is 0. The Labute approximate surface area is 118 Å². The molecule has 2 atom stereocenters. The number of nitrogens with zero attached hydrogens (tertiary/aromatic N) is 3. The zero-order valence-electron chi connectivity index (χ0n) is 12.0. The van der Waals surface area contributed by atoms with Gasteiger partial charge >= 0.3 is 12.0 Å². The predicted molar refractivity (Wildman–Crippen MR) is 72.4 cm³/mol. The Kier molecular flexibility index (Phi) is 4.49.